The van der Waals surface area contributed by atoms with Gasteiger partial charge < -0.3 is 0 Å². The summed E-state index contributed by atoms with van der Waals surface area (Å²) in [6.45, 7) is 0. The molecular formula is C7H10N4O4S. The van der Waals surface area contributed by atoms with Gasteiger partial charge in [-0.2, -0.15) is 8.42 Å². The Kier molecular flexibility index (Phi) is 3.44. The number of hydrazine groups is 2. The molecule has 0 atom stereocenters. The van der Waals surface area contributed by atoms with Gasteiger partial charge in [0.15, 0.2) is 0 Å². The molecule has 6 N–H and O–H groups in total. The van der Waals surface area contributed by atoms with Crippen LogP contribution in [0.1, 0.15) is 0 Å². The van der Waals surface area contributed by atoms with Crippen molar-refractivity contribution in [1.29, 1.82) is 0 Å². The summed E-state index contributed by atoms with van der Waals surface area (Å²) in [6, 6.07) is 4.26. The fraction of sp³-hybridized carbons (Fsp3) is 0. The van der Waals surface area contributed by atoms with Gasteiger partial charge in [0, 0.05) is 0 Å². The van der Waals surface area contributed by atoms with Crippen LogP contribution in [0.5, 0.6) is 0 Å². The van der Waals surface area contributed by atoms with Gasteiger partial charge in [0.25, 0.3) is 10.1 Å². The highest BCUT2D eigenvalue weighted by atomic mass is 32.2. The van der Waals surface area contributed by atoms with Crippen LogP contribution in [0, 0.1) is 0 Å². The maximum Gasteiger partial charge on any atom is 0.350 e. The molecular weight excluding hydrogens is 236 g/mol. The van der Waals surface area contributed by atoms with E-state index in [4.69, 9.17) is 16.2 Å². The number of carbonyl (C=O) groups excluding carboxylic acids is 1. The number of urea groups is 1. The van der Waals surface area contributed by atoms with E-state index < -0.39 is 21.0 Å². The van der Waals surface area contributed by atoms with Gasteiger partial charge >= 0.3 is 6.03 Å². The smallest absolute Gasteiger partial charge is 0.282 e. The van der Waals surface area contributed by atoms with Gasteiger partial charge in [0.2, 0.25) is 0 Å². The molecule has 88 valence electrons. The normalized spacial score (nSPS) is 10.9. The average molecular weight is 246 g/mol. The zero-order valence-corrected chi connectivity index (χ0v) is 8.81. The summed E-state index contributed by atoms with van der Waals surface area (Å²) in [6.07, 6.45) is 0. The minimum absolute atomic E-state index is 0.187. The van der Waals surface area contributed by atoms with E-state index in [0.717, 1.165) is 6.07 Å². The van der Waals surface area contributed by atoms with E-state index in [0.29, 0.717) is 5.01 Å². The Morgan fingerprint density at radius 2 is 1.94 bits per heavy atom. The third-order valence-corrected chi connectivity index (χ3v) is 2.65. The molecule has 9 heteroatoms. The Labute approximate surface area is 91.5 Å². The van der Waals surface area contributed by atoms with Crippen LogP contribution in [0.4, 0.5) is 10.5 Å². The number of para-hydroxylation sites is 1. The van der Waals surface area contributed by atoms with Crippen molar-refractivity contribution in [3.63, 3.8) is 0 Å². The first kappa shape index (κ1) is 12.4. The van der Waals surface area contributed by atoms with Crippen molar-refractivity contribution in [1.82, 2.24) is 5.43 Å². The lowest BCUT2D eigenvalue weighted by Crippen LogP contribution is -2.48. The van der Waals surface area contributed by atoms with Gasteiger partial charge in [-0.1, -0.05) is 12.1 Å². The van der Waals surface area contributed by atoms with Crippen molar-refractivity contribution in [3.8, 4) is 0 Å². The fourth-order valence-electron chi connectivity index (χ4n) is 1.05. The van der Waals surface area contributed by atoms with Crippen LogP contribution in [0.2, 0.25) is 0 Å². The number of amides is 2. The van der Waals surface area contributed by atoms with Crippen LogP contribution in [0.3, 0.4) is 0 Å². The second kappa shape index (κ2) is 4.45. The molecule has 0 fully saturated rings. The summed E-state index contributed by atoms with van der Waals surface area (Å²) in [7, 11) is -4.46. The molecule has 0 aromatic heterocycles. The van der Waals surface area contributed by atoms with Crippen molar-refractivity contribution >= 4 is 21.8 Å². The molecule has 0 saturated carbocycles. The van der Waals surface area contributed by atoms with Gasteiger partial charge in [-0.3, -0.25) is 9.98 Å². The topological polar surface area (TPSA) is 139 Å². The first-order valence-corrected chi connectivity index (χ1v) is 5.44. The quantitative estimate of drug-likeness (QED) is 0.233. The number of carbonyl (C=O) groups is 1. The molecule has 1 aromatic carbocycles. The molecule has 0 bridgehead atoms. The zero-order valence-electron chi connectivity index (χ0n) is 7.99. The van der Waals surface area contributed by atoms with E-state index in [1.807, 2.05) is 0 Å². The van der Waals surface area contributed by atoms with E-state index in [-0.39, 0.29) is 5.69 Å². The van der Waals surface area contributed by atoms with E-state index in [1.165, 1.54) is 18.2 Å². The molecule has 2 amide bonds. The van der Waals surface area contributed by atoms with Crippen molar-refractivity contribution < 1.29 is 17.8 Å². The highest BCUT2D eigenvalue weighted by Gasteiger charge is 2.20. The summed E-state index contributed by atoms with van der Waals surface area (Å²) < 4.78 is 30.9. The average Bonchev–Trinajstić information content (AvgIpc) is 2.26. The molecule has 0 aliphatic carbocycles. The molecule has 0 heterocycles. The highest BCUT2D eigenvalue weighted by molar-refractivity contribution is 7.86. The van der Waals surface area contributed by atoms with E-state index in [1.54, 1.807) is 5.43 Å². The molecule has 0 aliphatic rings. The zero-order chi connectivity index (χ0) is 12.3. The molecule has 0 saturated heterocycles. The number of nitrogens with two attached hydrogens (primary N) is 2. The molecule has 0 spiro atoms. The summed E-state index contributed by atoms with van der Waals surface area (Å²) in [5.41, 5.74) is 1.54. The Hall–Kier alpha value is -1.68. The van der Waals surface area contributed by atoms with Crippen molar-refractivity contribution in [2.45, 2.75) is 4.90 Å². The van der Waals surface area contributed by atoms with Crippen LogP contribution in [0.15, 0.2) is 29.2 Å². The van der Waals surface area contributed by atoms with Crippen molar-refractivity contribution in [2.75, 3.05) is 5.01 Å². The monoisotopic (exact) mass is 246 g/mol. The Bertz CT molecular complexity index is 501. The number of nitrogens with zero attached hydrogens (tertiary/aromatic N) is 1. The number of benzene rings is 1. The maximum absolute atomic E-state index is 11.1. The van der Waals surface area contributed by atoms with Crippen LogP contribution in [-0.4, -0.2) is 19.0 Å². The standard InChI is InChI=1S/C7H10N4O4S/c8-10-7(12)11(9)5-3-1-2-4-6(5)16(13,14)15/h1-4H,8-9H2,(H,10,12)(H,13,14,15). The minimum Gasteiger partial charge on any atom is -0.282 e. The lowest BCUT2D eigenvalue weighted by atomic mass is 10.3. The predicted molar refractivity (Wildman–Crippen MR) is 55.6 cm³/mol. The summed E-state index contributed by atoms with van der Waals surface area (Å²) >= 11 is 0. The van der Waals surface area contributed by atoms with Gasteiger partial charge in [-0.15, -0.1) is 0 Å². The molecule has 0 aliphatic heterocycles. The lowest BCUT2D eigenvalue weighted by Gasteiger charge is -2.17. The number of hydrogen-bond donors (Lipinski definition) is 4. The highest BCUT2D eigenvalue weighted by Crippen LogP contribution is 2.22. The van der Waals surface area contributed by atoms with Gasteiger partial charge in [-0.25, -0.2) is 21.5 Å². The summed E-state index contributed by atoms with van der Waals surface area (Å²) in [5, 5.41) is 0.475. The largest absolute Gasteiger partial charge is 0.350 e. The molecule has 8 nitrogen and oxygen atoms in total. The van der Waals surface area contributed by atoms with Crippen LogP contribution >= 0.6 is 0 Å². The second-order valence-corrected chi connectivity index (χ2v) is 4.15. The van der Waals surface area contributed by atoms with Gasteiger partial charge in [0.05, 0.1) is 5.69 Å². The SMILES string of the molecule is NNC(=O)N(N)c1ccccc1S(=O)(=O)O. The van der Waals surface area contributed by atoms with E-state index in [2.05, 4.69) is 0 Å². The number of anilines is 1. The maximum atomic E-state index is 11.1. The third-order valence-electron chi connectivity index (χ3n) is 1.74. The molecule has 0 unspecified atom stereocenters. The van der Waals surface area contributed by atoms with Crippen LogP contribution in [0.25, 0.3) is 0 Å². The van der Waals surface area contributed by atoms with Gasteiger partial charge in [0.1, 0.15) is 4.90 Å². The van der Waals surface area contributed by atoms with E-state index >= 15 is 0 Å². The molecule has 16 heavy (non-hydrogen) atoms. The van der Waals surface area contributed by atoms with Crippen molar-refractivity contribution in [2.24, 2.45) is 11.7 Å². The number of rotatable bonds is 2. The Morgan fingerprint density at radius 1 is 1.38 bits per heavy atom. The second-order valence-electron chi connectivity index (χ2n) is 2.76. The van der Waals surface area contributed by atoms with E-state index in [9.17, 15) is 13.2 Å². The van der Waals surface area contributed by atoms with Crippen LogP contribution in [-0.2, 0) is 10.1 Å². The van der Waals surface area contributed by atoms with Crippen LogP contribution < -0.4 is 22.1 Å². The fourth-order valence-corrected chi connectivity index (χ4v) is 1.73. The molecule has 1 rings (SSSR count). The lowest BCUT2D eigenvalue weighted by molar-refractivity contribution is 0.246. The van der Waals surface area contributed by atoms with Gasteiger partial charge in [-0.05, 0) is 12.1 Å². The first-order chi connectivity index (χ1) is 7.38. The number of hydrogen-bond acceptors (Lipinski definition) is 5. The third kappa shape index (κ3) is 2.46. The molecule has 0 radical (unpaired) electrons. The summed E-state index contributed by atoms with van der Waals surface area (Å²) in [4.78, 5) is 10.6. The Balaban J connectivity index is 3.30. The minimum atomic E-state index is -4.46. The molecule has 1 aromatic rings. The predicted octanol–water partition coefficient (Wildman–Crippen LogP) is -0.803. The number of nitrogens with one attached hydrogen (secondary N) is 1. The van der Waals surface area contributed by atoms with Crippen molar-refractivity contribution in [3.05, 3.63) is 24.3 Å². The first-order valence-electron chi connectivity index (χ1n) is 4.00. The Morgan fingerprint density at radius 3 is 2.44 bits per heavy atom. The summed E-state index contributed by atoms with van der Waals surface area (Å²) in [5.74, 6) is 10.1.